The monoisotopic (exact) mass is 596 g/mol. The van der Waals surface area contributed by atoms with Crippen LogP contribution in [0.3, 0.4) is 0 Å². The molecule has 1 atom stereocenters. The summed E-state index contributed by atoms with van der Waals surface area (Å²) in [6, 6.07) is 14.6. The van der Waals surface area contributed by atoms with Crippen LogP contribution < -0.4 is 15.0 Å². The van der Waals surface area contributed by atoms with Gasteiger partial charge in [0.1, 0.15) is 0 Å². The van der Waals surface area contributed by atoms with E-state index in [0.29, 0.717) is 35.3 Å². The summed E-state index contributed by atoms with van der Waals surface area (Å²) in [6.45, 7) is 1.95. The lowest BCUT2D eigenvalue weighted by Crippen LogP contribution is -2.29. The Labute approximate surface area is 231 Å². The lowest BCUT2D eigenvalue weighted by atomic mass is 9.97. The third-order valence-electron chi connectivity index (χ3n) is 6.28. The number of aromatic amines is 1. The maximum Gasteiger partial charge on any atom is 0.253 e. The van der Waals surface area contributed by atoms with E-state index >= 15 is 0 Å². The van der Waals surface area contributed by atoms with E-state index in [1.54, 1.807) is 18.6 Å². The zero-order valence-corrected chi connectivity index (χ0v) is 23.4. The maximum absolute atomic E-state index is 13.7. The topological polar surface area (TPSA) is 114 Å². The van der Waals surface area contributed by atoms with Crippen molar-refractivity contribution in [2.45, 2.75) is 31.0 Å². The molecule has 0 aliphatic carbocycles. The number of ether oxygens (including phenoxy) is 2. The van der Waals surface area contributed by atoms with Crippen molar-refractivity contribution in [1.82, 2.24) is 24.6 Å². The van der Waals surface area contributed by atoms with Crippen LogP contribution in [0.25, 0.3) is 5.78 Å². The molecule has 12 heteroatoms. The quantitative estimate of drug-likeness (QED) is 0.303. The Morgan fingerprint density at radius 1 is 1.16 bits per heavy atom. The Bertz CT molecular complexity index is 1580. The van der Waals surface area contributed by atoms with Crippen molar-refractivity contribution < 1.29 is 14.3 Å². The molecule has 1 N–H and O–H groups in total. The van der Waals surface area contributed by atoms with E-state index in [9.17, 15) is 9.59 Å². The molecule has 0 saturated carbocycles. The number of hydrogen-bond donors (Lipinski definition) is 1. The van der Waals surface area contributed by atoms with Gasteiger partial charge in [-0.1, -0.05) is 58.9 Å². The molecule has 0 bridgehead atoms. The van der Waals surface area contributed by atoms with Crippen LogP contribution in [0.15, 0.2) is 68.1 Å². The summed E-state index contributed by atoms with van der Waals surface area (Å²) in [7, 11) is 3.17. The van der Waals surface area contributed by atoms with E-state index in [1.165, 1.54) is 22.8 Å². The van der Waals surface area contributed by atoms with Crippen LogP contribution >= 0.6 is 27.7 Å². The standard InChI is InChI=1S/C26H25BrN6O4S/c1-4-17-12-22(34)28-25-29-30-26(32(17)25)38-14-23(35)33-20(18-6-5-7-21(36-2)24(18)37-3)13-19(31-33)15-8-10-16(27)11-9-15/h5-12,20H,4,13-14H2,1-3H3,(H,28,29,34). The number of methoxy groups -OCH3 is 2. The van der Waals surface area contributed by atoms with E-state index in [0.717, 1.165) is 27.0 Å². The van der Waals surface area contributed by atoms with Gasteiger partial charge in [0, 0.05) is 28.2 Å². The fourth-order valence-corrected chi connectivity index (χ4v) is 5.57. The van der Waals surface area contributed by atoms with Gasteiger partial charge >= 0.3 is 0 Å². The van der Waals surface area contributed by atoms with Crippen LogP contribution in [-0.4, -0.2) is 56.2 Å². The van der Waals surface area contributed by atoms with Gasteiger partial charge in [-0.05, 0) is 30.2 Å². The number of amides is 1. The van der Waals surface area contributed by atoms with Crippen molar-refractivity contribution in [3.05, 3.63) is 80.2 Å². The summed E-state index contributed by atoms with van der Waals surface area (Å²) >= 11 is 4.72. The van der Waals surface area contributed by atoms with Crippen LogP contribution in [0.5, 0.6) is 11.5 Å². The number of nitrogens with one attached hydrogen (secondary N) is 1. The van der Waals surface area contributed by atoms with Gasteiger partial charge in [0.05, 0.1) is 31.7 Å². The Balaban J connectivity index is 1.47. The molecule has 196 valence electrons. The molecule has 3 heterocycles. The van der Waals surface area contributed by atoms with Crippen molar-refractivity contribution in [2.24, 2.45) is 5.10 Å². The zero-order chi connectivity index (χ0) is 26.8. The van der Waals surface area contributed by atoms with Crippen LogP contribution in [0.2, 0.25) is 0 Å². The second-order valence-corrected chi connectivity index (χ2v) is 10.4. The highest BCUT2D eigenvalue weighted by atomic mass is 79.9. The molecule has 38 heavy (non-hydrogen) atoms. The minimum atomic E-state index is -0.385. The second kappa shape index (κ2) is 11.0. The molecule has 1 unspecified atom stereocenters. The summed E-state index contributed by atoms with van der Waals surface area (Å²) in [4.78, 5) is 28.2. The summed E-state index contributed by atoms with van der Waals surface area (Å²) in [5.74, 6) is 1.37. The van der Waals surface area contributed by atoms with Gasteiger partial charge in [0.2, 0.25) is 5.78 Å². The number of thioether (sulfide) groups is 1. The number of benzene rings is 2. The van der Waals surface area contributed by atoms with Gasteiger partial charge < -0.3 is 9.47 Å². The number of hydrogen-bond acceptors (Lipinski definition) is 8. The SMILES string of the molecule is CCc1cc(=O)[nH]c2nnc(SCC(=O)N3N=C(c4ccc(Br)cc4)CC3c3cccc(OC)c3OC)n12. The van der Waals surface area contributed by atoms with Crippen LogP contribution in [0.1, 0.15) is 36.2 Å². The second-order valence-electron chi connectivity index (χ2n) is 8.50. The minimum absolute atomic E-state index is 0.0724. The first kappa shape index (κ1) is 26.0. The third-order valence-corrected chi connectivity index (χ3v) is 7.72. The third kappa shape index (κ3) is 4.93. The number of carbonyl (C=O) groups excluding carboxylic acids is 1. The van der Waals surface area contributed by atoms with Crippen molar-refractivity contribution >= 4 is 45.1 Å². The fourth-order valence-electron chi connectivity index (χ4n) is 4.49. The average molecular weight is 597 g/mol. The molecule has 10 nitrogen and oxygen atoms in total. The number of para-hydroxylation sites is 1. The number of aryl methyl sites for hydroxylation is 1. The van der Waals surface area contributed by atoms with E-state index in [2.05, 4.69) is 31.1 Å². The predicted molar refractivity (Wildman–Crippen MR) is 148 cm³/mol. The van der Waals surface area contributed by atoms with Crippen molar-refractivity contribution in [3.63, 3.8) is 0 Å². The molecule has 0 spiro atoms. The molecule has 0 radical (unpaired) electrons. The molecule has 2 aromatic heterocycles. The Morgan fingerprint density at radius 2 is 1.95 bits per heavy atom. The largest absolute Gasteiger partial charge is 0.493 e. The van der Waals surface area contributed by atoms with Crippen LogP contribution in [0.4, 0.5) is 0 Å². The van der Waals surface area contributed by atoms with Crippen LogP contribution in [0, 0.1) is 0 Å². The number of hydrazone groups is 1. The summed E-state index contributed by atoms with van der Waals surface area (Å²) in [5, 5.41) is 15.1. The van der Waals surface area contributed by atoms with Crippen molar-refractivity contribution in [3.8, 4) is 11.5 Å². The average Bonchev–Trinajstić information content (AvgIpc) is 3.56. The number of nitrogens with zero attached hydrogens (tertiary/aromatic N) is 5. The molecule has 1 amide bonds. The van der Waals surface area contributed by atoms with Crippen molar-refractivity contribution in [1.29, 1.82) is 0 Å². The maximum atomic E-state index is 13.7. The Kier molecular flexibility index (Phi) is 7.52. The van der Waals surface area contributed by atoms with Gasteiger partial charge in [-0.3, -0.25) is 19.0 Å². The Morgan fingerprint density at radius 3 is 2.66 bits per heavy atom. The molecular formula is C26H25BrN6O4S. The highest BCUT2D eigenvalue weighted by molar-refractivity contribution is 9.10. The number of fused-ring (bicyclic) bond motifs is 1. The van der Waals surface area contributed by atoms with Gasteiger partial charge in [-0.25, -0.2) is 5.01 Å². The number of H-pyrrole nitrogens is 1. The first-order chi connectivity index (χ1) is 18.4. The number of aromatic nitrogens is 4. The highest BCUT2D eigenvalue weighted by Crippen LogP contribution is 2.42. The molecule has 0 fully saturated rings. The number of halogens is 1. The zero-order valence-electron chi connectivity index (χ0n) is 21.0. The fraction of sp³-hybridized carbons (Fsp3) is 0.269. The van der Waals surface area contributed by atoms with Gasteiger partial charge in [-0.15, -0.1) is 10.2 Å². The molecule has 5 rings (SSSR count). The number of rotatable bonds is 8. The first-order valence-electron chi connectivity index (χ1n) is 11.9. The van der Waals surface area contributed by atoms with Crippen LogP contribution in [-0.2, 0) is 11.2 Å². The summed E-state index contributed by atoms with van der Waals surface area (Å²) < 4.78 is 13.9. The molecule has 1 aliphatic heterocycles. The summed E-state index contributed by atoms with van der Waals surface area (Å²) in [6.07, 6.45) is 1.13. The Hall–Kier alpha value is -3.64. The smallest absolute Gasteiger partial charge is 0.253 e. The molecular weight excluding hydrogens is 572 g/mol. The molecule has 0 saturated heterocycles. The van der Waals surface area contributed by atoms with Gasteiger partial charge in [0.15, 0.2) is 16.7 Å². The molecule has 4 aromatic rings. The normalized spacial score (nSPS) is 15.1. The van der Waals surface area contributed by atoms with Gasteiger partial charge in [0.25, 0.3) is 11.5 Å². The van der Waals surface area contributed by atoms with E-state index in [4.69, 9.17) is 14.6 Å². The van der Waals surface area contributed by atoms with Crippen molar-refractivity contribution in [2.75, 3.05) is 20.0 Å². The van der Waals surface area contributed by atoms with E-state index < -0.39 is 0 Å². The first-order valence-corrected chi connectivity index (χ1v) is 13.7. The summed E-state index contributed by atoms with van der Waals surface area (Å²) in [5.41, 5.74) is 3.06. The van der Waals surface area contributed by atoms with E-state index in [1.807, 2.05) is 49.4 Å². The lowest BCUT2D eigenvalue weighted by molar-refractivity contribution is -0.130. The predicted octanol–water partition coefficient (Wildman–Crippen LogP) is 4.23. The van der Waals surface area contributed by atoms with E-state index in [-0.39, 0.29) is 23.3 Å². The highest BCUT2D eigenvalue weighted by Gasteiger charge is 2.35. The molecule has 1 aliphatic rings. The lowest BCUT2D eigenvalue weighted by Gasteiger charge is -2.24. The minimum Gasteiger partial charge on any atom is -0.493 e. The number of carbonyl (C=O) groups is 1. The molecule has 2 aromatic carbocycles. The van der Waals surface area contributed by atoms with Gasteiger partial charge in [-0.2, -0.15) is 5.10 Å².